The number of aromatic nitrogens is 3. The van der Waals surface area contributed by atoms with Gasteiger partial charge in [0.15, 0.2) is 5.16 Å². The topological polar surface area (TPSA) is 126 Å². The van der Waals surface area contributed by atoms with Crippen LogP contribution in [0.3, 0.4) is 0 Å². The van der Waals surface area contributed by atoms with E-state index in [1.807, 2.05) is 0 Å². The first-order valence-corrected chi connectivity index (χ1v) is 7.54. The molecule has 2 heterocycles. The fraction of sp³-hybridized carbons (Fsp3) is 0.636. The van der Waals surface area contributed by atoms with Crippen molar-refractivity contribution in [3.63, 3.8) is 0 Å². The normalized spacial score (nSPS) is 16.0. The zero-order valence-electron chi connectivity index (χ0n) is 11.7. The summed E-state index contributed by atoms with van der Waals surface area (Å²) in [6, 6.07) is 0. The Labute approximate surface area is 125 Å². The second-order valence-corrected chi connectivity index (χ2v) is 5.77. The lowest BCUT2D eigenvalue weighted by molar-refractivity contribution is -0.133. The lowest BCUT2D eigenvalue weighted by Crippen LogP contribution is -2.45. The molecule has 0 atom stereocenters. The predicted octanol–water partition coefficient (Wildman–Crippen LogP) is -1.57. The van der Waals surface area contributed by atoms with E-state index in [-0.39, 0.29) is 29.2 Å². The van der Waals surface area contributed by atoms with Crippen LogP contribution in [0.2, 0.25) is 0 Å². The van der Waals surface area contributed by atoms with Gasteiger partial charge in [-0.25, -0.2) is 15.7 Å². The fourth-order valence-electron chi connectivity index (χ4n) is 2.19. The highest BCUT2D eigenvalue weighted by Gasteiger charge is 2.26. The minimum Gasteiger partial charge on any atom is -0.342 e. The summed E-state index contributed by atoms with van der Waals surface area (Å²) >= 11 is 1.21. The molecule has 21 heavy (non-hydrogen) atoms. The van der Waals surface area contributed by atoms with E-state index in [0.717, 1.165) is 0 Å². The molecule has 10 heteroatoms. The van der Waals surface area contributed by atoms with E-state index in [4.69, 9.17) is 5.84 Å². The van der Waals surface area contributed by atoms with Crippen molar-refractivity contribution >= 4 is 23.6 Å². The molecule has 0 aliphatic carbocycles. The number of H-pyrrole nitrogens is 1. The Balaban J connectivity index is 1.81. The number of hydrogen-bond donors (Lipinski definition) is 3. The number of thioether (sulfide) groups is 1. The van der Waals surface area contributed by atoms with Gasteiger partial charge in [-0.1, -0.05) is 11.8 Å². The van der Waals surface area contributed by atoms with Crippen LogP contribution in [0.15, 0.2) is 9.95 Å². The third-order valence-corrected chi connectivity index (χ3v) is 4.54. The maximum Gasteiger partial charge on any atom is 0.343 e. The second kappa shape index (κ2) is 6.76. The van der Waals surface area contributed by atoms with Crippen molar-refractivity contribution in [1.29, 1.82) is 0 Å². The van der Waals surface area contributed by atoms with E-state index >= 15 is 0 Å². The van der Waals surface area contributed by atoms with E-state index in [9.17, 15) is 14.4 Å². The summed E-state index contributed by atoms with van der Waals surface area (Å²) in [5, 5.41) is 6.63. The molecule has 0 bridgehead atoms. The molecule has 1 aliphatic heterocycles. The number of rotatable bonds is 4. The minimum atomic E-state index is -0.307. The Morgan fingerprint density at radius 3 is 2.67 bits per heavy atom. The van der Waals surface area contributed by atoms with Crippen LogP contribution in [0.25, 0.3) is 0 Å². The Bertz CT molecular complexity index is 575. The number of nitrogens with two attached hydrogens (primary N) is 1. The molecule has 2 amide bonds. The monoisotopic (exact) mass is 314 g/mol. The molecular formula is C11H18N6O3S. The first kappa shape index (κ1) is 15.6. The number of aromatic amines is 1. The summed E-state index contributed by atoms with van der Waals surface area (Å²) in [6.07, 6.45) is 1.22. The van der Waals surface area contributed by atoms with E-state index in [0.29, 0.717) is 31.1 Å². The van der Waals surface area contributed by atoms with Crippen LogP contribution in [0.5, 0.6) is 0 Å². The molecule has 0 spiro atoms. The molecule has 0 aromatic carbocycles. The van der Waals surface area contributed by atoms with E-state index in [1.165, 1.54) is 16.3 Å². The number of piperidine rings is 1. The first-order valence-electron chi connectivity index (χ1n) is 6.55. The molecule has 1 aromatic heterocycles. The van der Waals surface area contributed by atoms with Gasteiger partial charge in [-0.05, 0) is 12.8 Å². The molecule has 0 unspecified atom stereocenters. The molecule has 1 aliphatic rings. The van der Waals surface area contributed by atoms with Crippen LogP contribution < -0.4 is 17.0 Å². The third-order valence-electron chi connectivity index (χ3n) is 3.52. The molecule has 1 saturated heterocycles. The maximum atomic E-state index is 12.1. The van der Waals surface area contributed by atoms with Gasteiger partial charge in [0.1, 0.15) is 0 Å². The quantitative estimate of drug-likeness (QED) is 0.267. The van der Waals surface area contributed by atoms with Gasteiger partial charge in [-0.3, -0.25) is 19.6 Å². The largest absolute Gasteiger partial charge is 0.343 e. The van der Waals surface area contributed by atoms with Gasteiger partial charge in [0.2, 0.25) is 11.8 Å². The lowest BCUT2D eigenvalue weighted by Gasteiger charge is -2.30. The average molecular weight is 314 g/mol. The van der Waals surface area contributed by atoms with Gasteiger partial charge in [0.05, 0.1) is 5.75 Å². The molecule has 2 rings (SSSR count). The lowest BCUT2D eigenvalue weighted by atomic mass is 9.96. The first-order chi connectivity index (χ1) is 10.0. The molecule has 4 N–H and O–H groups in total. The summed E-state index contributed by atoms with van der Waals surface area (Å²) in [7, 11) is 1.59. The Kier molecular flexibility index (Phi) is 5.02. The van der Waals surface area contributed by atoms with Gasteiger partial charge in [-0.15, -0.1) is 5.10 Å². The van der Waals surface area contributed by atoms with Crippen molar-refractivity contribution in [2.45, 2.75) is 18.0 Å². The number of amides is 2. The highest BCUT2D eigenvalue weighted by Crippen LogP contribution is 2.19. The summed E-state index contributed by atoms with van der Waals surface area (Å²) in [6.45, 7) is 1.08. The zero-order valence-corrected chi connectivity index (χ0v) is 12.5. The van der Waals surface area contributed by atoms with Crippen LogP contribution in [0.1, 0.15) is 12.8 Å². The highest BCUT2D eigenvalue weighted by atomic mass is 32.2. The van der Waals surface area contributed by atoms with E-state index in [2.05, 4.69) is 15.6 Å². The Morgan fingerprint density at radius 2 is 2.14 bits per heavy atom. The maximum absolute atomic E-state index is 12.1. The van der Waals surface area contributed by atoms with Crippen molar-refractivity contribution in [3.8, 4) is 0 Å². The molecule has 0 saturated carbocycles. The number of carbonyl (C=O) groups excluding carboxylic acids is 2. The Hall–Kier alpha value is -1.81. The highest BCUT2D eigenvalue weighted by molar-refractivity contribution is 7.99. The third kappa shape index (κ3) is 3.64. The van der Waals surface area contributed by atoms with Crippen molar-refractivity contribution in [2.24, 2.45) is 18.8 Å². The van der Waals surface area contributed by atoms with Gasteiger partial charge in [-0.2, -0.15) is 0 Å². The SMILES string of the molecule is Cn1c(SCC(=O)N2CCC(C(=O)NN)CC2)n[nH]c1=O. The van der Waals surface area contributed by atoms with Crippen LogP contribution in [-0.2, 0) is 16.6 Å². The van der Waals surface area contributed by atoms with Gasteiger partial charge >= 0.3 is 5.69 Å². The van der Waals surface area contributed by atoms with Crippen molar-refractivity contribution in [3.05, 3.63) is 10.5 Å². The standard InChI is InChI=1S/C11H18N6O3S/c1-16-10(20)14-15-11(16)21-6-8(18)17-4-2-7(3-5-17)9(19)13-12/h7H,2-6,12H2,1H3,(H,13,19)(H,14,20). The number of nitrogens with one attached hydrogen (secondary N) is 2. The van der Waals surface area contributed by atoms with Crippen LogP contribution >= 0.6 is 11.8 Å². The fourth-order valence-corrected chi connectivity index (χ4v) is 3.01. The number of nitrogens with zero attached hydrogens (tertiary/aromatic N) is 3. The number of hydrazine groups is 1. The zero-order chi connectivity index (χ0) is 15.4. The molecular weight excluding hydrogens is 296 g/mol. The number of carbonyl (C=O) groups is 2. The number of hydrogen-bond acceptors (Lipinski definition) is 6. The molecule has 116 valence electrons. The summed E-state index contributed by atoms with van der Waals surface area (Å²) < 4.78 is 1.36. The van der Waals surface area contributed by atoms with Crippen molar-refractivity contribution < 1.29 is 9.59 Å². The smallest absolute Gasteiger partial charge is 0.342 e. The van der Waals surface area contributed by atoms with Crippen LogP contribution in [0.4, 0.5) is 0 Å². The molecule has 0 radical (unpaired) electrons. The minimum absolute atomic E-state index is 0.0259. The van der Waals surface area contributed by atoms with E-state index in [1.54, 1.807) is 11.9 Å². The van der Waals surface area contributed by atoms with Gasteiger partial charge < -0.3 is 4.90 Å². The van der Waals surface area contributed by atoms with Crippen LogP contribution in [-0.4, -0.2) is 50.3 Å². The van der Waals surface area contributed by atoms with Gasteiger partial charge in [0.25, 0.3) is 0 Å². The van der Waals surface area contributed by atoms with Crippen LogP contribution in [0, 0.1) is 5.92 Å². The second-order valence-electron chi connectivity index (χ2n) is 4.82. The van der Waals surface area contributed by atoms with Gasteiger partial charge in [0, 0.05) is 26.1 Å². The number of likely N-dealkylation sites (tertiary alicyclic amines) is 1. The summed E-state index contributed by atoms with van der Waals surface area (Å²) in [5.74, 6) is 4.99. The summed E-state index contributed by atoms with van der Waals surface area (Å²) in [4.78, 5) is 36.4. The predicted molar refractivity (Wildman–Crippen MR) is 76.2 cm³/mol. The molecule has 1 fully saturated rings. The van der Waals surface area contributed by atoms with Crippen molar-refractivity contribution in [1.82, 2.24) is 25.1 Å². The Morgan fingerprint density at radius 1 is 1.48 bits per heavy atom. The summed E-state index contributed by atoms with van der Waals surface area (Å²) in [5.41, 5.74) is 1.84. The van der Waals surface area contributed by atoms with E-state index < -0.39 is 0 Å². The molecule has 9 nitrogen and oxygen atoms in total. The van der Waals surface area contributed by atoms with Crippen molar-refractivity contribution in [2.75, 3.05) is 18.8 Å². The average Bonchev–Trinajstić information content (AvgIpc) is 2.83. The molecule has 1 aromatic rings.